The molecule has 4 rings (SSSR count). The standard InChI is InChI=1S/C17H16N6O/c1-9-4-6-13-12(8-9)15-16(18-13)19-17(23-21-15)22-20-11(3)14-7-5-10(2)24-14/h4-8H,1-3H3,(H2,18,19,22,23)/b20-11+. The lowest BCUT2D eigenvalue weighted by atomic mass is 10.2. The van der Waals surface area contributed by atoms with E-state index in [0.717, 1.165) is 22.2 Å². The number of furan rings is 1. The Morgan fingerprint density at radius 2 is 2.04 bits per heavy atom. The molecular weight excluding hydrogens is 304 g/mol. The number of aryl methyl sites for hydroxylation is 2. The number of hydrogen-bond acceptors (Lipinski definition) is 6. The zero-order valence-corrected chi connectivity index (χ0v) is 13.6. The summed E-state index contributed by atoms with van der Waals surface area (Å²) in [6.07, 6.45) is 0. The molecule has 0 spiro atoms. The van der Waals surface area contributed by atoms with Gasteiger partial charge < -0.3 is 9.40 Å². The van der Waals surface area contributed by atoms with Crippen LogP contribution in [0.4, 0.5) is 5.95 Å². The van der Waals surface area contributed by atoms with Crippen LogP contribution in [0.5, 0.6) is 0 Å². The van der Waals surface area contributed by atoms with E-state index >= 15 is 0 Å². The smallest absolute Gasteiger partial charge is 0.265 e. The molecule has 0 aliphatic carbocycles. The van der Waals surface area contributed by atoms with Gasteiger partial charge in [-0.3, -0.25) is 0 Å². The highest BCUT2D eigenvalue weighted by molar-refractivity contribution is 6.03. The number of benzene rings is 1. The summed E-state index contributed by atoms with van der Waals surface area (Å²) in [5.41, 5.74) is 7.11. The molecular formula is C17H16N6O. The van der Waals surface area contributed by atoms with Gasteiger partial charge in [0.05, 0.1) is 0 Å². The molecule has 0 saturated carbocycles. The minimum atomic E-state index is 0.327. The van der Waals surface area contributed by atoms with Gasteiger partial charge in [-0.2, -0.15) is 10.1 Å². The molecule has 0 atom stereocenters. The quantitative estimate of drug-likeness (QED) is 0.445. The Morgan fingerprint density at radius 3 is 2.83 bits per heavy atom. The van der Waals surface area contributed by atoms with Crippen molar-refractivity contribution in [3.05, 3.63) is 47.4 Å². The molecule has 24 heavy (non-hydrogen) atoms. The maximum Gasteiger partial charge on any atom is 0.265 e. The number of hydrogen-bond donors (Lipinski definition) is 2. The first-order valence-corrected chi connectivity index (χ1v) is 7.60. The first-order chi connectivity index (χ1) is 11.6. The molecule has 3 aromatic heterocycles. The van der Waals surface area contributed by atoms with Crippen LogP contribution in [0.2, 0.25) is 0 Å². The number of nitrogens with zero attached hydrogens (tertiary/aromatic N) is 4. The normalized spacial score (nSPS) is 12.2. The number of aromatic nitrogens is 4. The molecule has 7 heteroatoms. The minimum Gasteiger partial charge on any atom is -0.460 e. The first-order valence-electron chi connectivity index (χ1n) is 7.60. The number of fused-ring (bicyclic) bond motifs is 3. The summed E-state index contributed by atoms with van der Waals surface area (Å²) in [6.45, 7) is 5.79. The van der Waals surface area contributed by atoms with Crippen LogP contribution in [0.3, 0.4) is 0 Å². The van der Waals surface area contributed by atoms with Crippen molar-refractivity contribution in [2.75, 3.05) is 5.43 Å². The summed E-state index contributed by atoms with van der Waals surface area (Å²) in [7, 11) is 0. The highest BCUT2D eigenvalue weighted by Gasteiger charge is 2.09. The van der Waals surface area contributed by atoms with E-state index in [1.54, 1.807) is 0 Å². The molecule has 1 aromatic carbocycles. The van der Waals surface area contributed by atoms with Crippen LogP contribution in [0.25, 0.3) is 22.1 Å². The van der Waals surface area contributed by atoms with Crippen LogP contribution in [-0.2, 0) is 0 Å². The van der Waals surface area contributed by atoms with Crippen LogP contribution in [0.1, 0.15) is 24.0 Å². The van der Waals surface area contributed by atoms with Crippen LogP contribution in [-0.4, -0.2) is 25.9 Å². The second-order valence-corrected chi connectivity index (χ2v) is 5.73. The molecule has 0 radical (unpaired) electrons. The zero-order valence-electron chi connectivity index (χ0n) is 13.6. The third-order valence-corrected chi connectivity index (χ3v) is 3.79. The Hall–Kier alpha value is -3.22. The summed E-state index contributed by atoms with van der Waals surface area (Å²) in [5.74, 6) is 1.87. The van der Waals surface area contributed by atoms with Gasteiger partial charge in [-0.15, -0.1) is 10.2 Å². The topological polar surface area (TPSA) is 92.0 Å². The van der Waals surface area contributed by atoms with Gasteiger partial charge in [0.15, 0.2) is 5.65 Å². The Bertz CT molecular complexity index is 1080. The van der Waals surface area contributed by atoms with Gasteiger partial charge in [0.2, 0.25) is 0 Å². The van der Waals surface area contributed by atoms with E-state index in [4.69, 9.17) is 4.42 Å². The van der Waals surface area contributed by atoms with Gasteiger partial charge >= 0.3 is 0 Å². The van der Waals surface area contributed by atoms with Gasteiger partial charge in [-0.1, -0.05) is 11.6 Å². The van der Waals surface area contributed by atoms with Crippen LogP contribution >= 0.6 is 0 Å². The molecule has 0 aliphatic heterocycles. The lowest BCUT2D eigenvalue weighted by molar-refractivity contribution is 0.525. The fraction of sp³-hybridized carbons (Fsp3) is 0.176. The molecule has 0 unspecified atom stereocenters. The Morgan fingerprint density at radius 1 is 1.17 bits per heavy atom. The molecule has 3 heterocycles. The predicted molar refractivity (Wildman–Crippen MR) is 93.2 cm³/mol. The van der Waals surface area contributed by atoms with E-state index in [9.17, 15) is 0 Å². The van der Waals surface area contributed by atoms with Gasteiger partial charge in [-0.25, -0.2) is 5.43 Å². The molecule has 0 amide bonds. The van der Waals surface area contributed by atoms with Gasteiger partial charge in [0, 0.05) is 10.9 Å². The van der Waals surface area contributed by atoms with Gasteiger partial charge in [-0.05, 0) is 45.0 Å². The Kier molecular flexibility index (Phi) is 3.26. The van der Waals surface area contributed by atoms with E-state index in [1.165, 1.54) is 5.56 Å². The number of anilines is 1. The molecule has 0 aliphatic rings. The molecule has 7 nitrogen and oxygen atoms in total. The van der Waals surface area contributed by atoms with Crippen molar-refractivity contribution in [3.8, 4) is 0 Å². The third kappa shape index (κ3) is 2.50. The maximum atomic E-state index is 5.52. The number of nitrogens with one attached hydrogen (secondary N) is 2. The fourth-order valence-corrected chi connectivity index (χ4v) is 2.55. The SMILES string of the molecule is C/C(=N\Nc1nnc2c(n1)[nH]c1ccc(C)cc12)c1ccc(C)o1. The first kappa shape index (κ1) is 14.4. The Balaban J connectivity index is 1.66. The van der Waals surface area contributed by atoms with Crippen molar-refractivity contribution in [2.24, 2.45) is 5.10 Å². The Labute approximate surface area is 137 Å². The second-order valence-electron chi connectivity index (χ2n) is 5.73. The summed E-state index contributed by atoms with van der Waals surface area (Å²) >= 11 is 0. The fourth-order valence-electron chi connectivity index (χ4n) is 2.55. The molecule has 0 bridgehead atoms. The monoisotopic (exact) mass is 320 g/mol. The highest BCUT2D eigenvalue weighted by Crippen LogP contribution is 2.23. The van der Waals surface area contributed by atoms with Crippen LogP contribution in [0, 0.1) is 13.8 Å². The average Bonchev–Trinajstić information content (AvgIpc) is 3.15. The third-order valence-electron chi connectivity index (χ3n) is 3.79. The van der Waals surface area contributed by atoms with Crippen molar-refractivity contribution in [1.29, 1.82) is 0 Å². The zero-order chi connectivity index (χ0) is 16.7. The number of rotatable bonds is 3. The largest absolute Gasteiger partial charge is 0.460 e. The van der Waals surface area contributed by atoms with E-state index in [-0.39, 0.29) is 0 Å². The number of hydrazone groups is 1. The maximum absolute atomic E-state index is 5.52. The molecule has 0 fully saturated rings. The predicted octanol–water partition coefficient (Wildman–Crippen LogP) is 3.55. The van der Waals surface area contributed by atoms with E-state index in [1.807, 2.05) is 45.0 Å². The highest BCUT2D eigenvalue weighted by atomic mass is 16.3. The number of aromatic amines is 1. The lowest BCUT2D eigenvalue weighted by Gasteiger charge is -1.99. The molecule has 120 valence electrons. The number of H-pyrrole nitrogens is 1. The molecule has 2 N–H and O–H groups in total. The minimum absolute atomic E-state index is 0.327. The van der Waals surface area contributed by atoms with Gasteiger partial charge in [0.25, 0.3) is 5.95 Å². The average molecular weight is 320 g/mol. The van der Waals surface area contributed by atoms with Crippen molar-refractivity contribution in [1.82, 2.24) is 20.2 Å². The van der Waals surface area contributed by atoms with Crippen LogP contribution in [0.15, 0.2) is 39.9 Å². The van der Waals surface area contributed by atoms with E-state index < -0.39 is 0 Å². The van der Waals surface area contributed by atoms with Gasteiger partial charge in [0.1, 0.15) is 22.7 Å². The van der Waals surface area contributed by atoms with E-state index in [2.05, 4.69) is 36.8 Å². The van der Waals surface area contributed by atoms with E-state index in [0.29, 0.717) is 23.1 Å². The lowest BCUT2D eigenvalue weighted by Crippen LogP contribution is -2.02. The summed E-state index contributed by atoms with van der Waals surface area (Å²) in [6, 6.07) is 9.90. The van der Waals surface area contributed by atoms with Crippen molar-refractivity contribution in [3.63, 3.8) is 0 Å². The second kappa shape index (κ2) is 5.45. The summed E-state index contributed by atoms with van der Waals surface area (Å²) in [4.78, 5) is 7.68. The molecule has 4 aromatic rings. The van der Waals surface area contributed by atoms with Crippen molar-refractivity contribution >= 4 is 33.7 Å². The van der Waals surface area contributed by atoms with Crippen LogP contribution < -0.4 is 5.43 Å². The summed E-state index contributed by atoms with van der Waals surface area (Å²) < 4.78 is 5.52. The van der Waals surface area contributed by atoms with Crippen molar-refractivity contribution in [2.45, 2.75) is 20.8 Å². The summed E-state index contributed by atoms with van der Waals surface area (Å²) in [5, 5.41) is 13.6. The molecule has 0 saturated heterocycles. The van der Waals surface area contributed by atoms with Crippen molar-refractivity contribution < 1.29 is 4.42 Å².